The zero-order valence-electron chi connectivity index (χ0n) is 10.2. The molecule has 0 saturated carbocycles. The van der Waals surface area contributed by atoms with Gasteiger partial charge in [-0.25, -0.2) is 0 Å². The molecule has 0 radical (unpaired) electrons. The molecule has 1 atom stereocenters. The first-order valence-electron chi connectivity index (χ1n) is 5.86. The van der Waals surface area contributed by atoms with E-state index in [1.807, 2.05) is 7.05 Å². The second kappa shape index (κ2) is 5.48. The number of hydrogen-bond donors (Lipinski definition) is 1. The normalized spacial score (nSPS) is 23.3. The van der Waals surface area contributed by atoms with E-state index in [2.05, 4.69) is 30.1 Å². The number of nitrogens with one attached hydrogen (secondary N) is 1. The van der Waals surface area contributed by atoms with Gasteiger partial charge < -0.3 is 10.2 Å². The van der Waals surface area contributed by atoms with Crippen molar-refractivity contribution >= 4 is 0 Å². The number of nitriles is 1. The van der Waals surface area contributed by atoms with Crippen molar-refractivity contribution < 1.29 is 0 Å². The molecule has 1 fully saturated rings. The molecule has 0 amide bonds. The van der Waals surface area contributed by atoms with E-state index in [1.54, 1.807) is 0 Å². The Bertz CT molecular complexity index is 220. The average Bonchev–Trinajstić information content (AvgIpc) is 2.21. The Morgan fingerprint density at radius 2 is 2.00 bits per heavy atom. The summed E-state index contributed by atoms with van der Waals surface area (Å²) in [5.41, 5.74) is 0.522. The van der Waals surface area contributed by atoms with Crippen LogP contribution in [-0.2, 0) is 0 Å². The van der Waals surface area contributed by atoms with Gasteiger partial charge in [-0.1, -0.05) is 13.8 Å². The molecular weight excluding hydrogens is 186 g/mol. The van der Waals surface area contributed by atoms with Crippen LogP contribution in [0.15, 0.2) is 0 Å². The highest BCUT2D eigenvalue weighted by Crippen LogP contribution is 2.29. The average molecular weight is 209 g/mol. The fraction of sp³-hybridized carbons (Fsp3) is 0.917. The lowest BCUT2D eigenvalue weighted by Gasteiger charge is -2.37. The summed E-state index contributed by atoms with van der Waals surface area (Å²) in [6.45, 7) is 8.12. The largest absolute Gasteiger partial charge is 0.305 e. The van der Waals surface area contributed by atoms with Crippen LogP contribution in [0.25, 0.3) is 0 Å². The molecule has 1 aliphatic heterocycles. The summed E-state index contributed by atoms with van der Waals surface area (Å²) in [5, 5.41) is 11.8. The second-order valence-electron chi connectivity index (χ2n) is 5.26. The third-order valence-corrected chi connectivity index (χ3v) is 3.45. The van der Waals surface area contributed by atoms with Gasteiger partial charge in [-0.15, -0.1) is 0 Å². The standard InChI is InChI=1S/C12H23N3/c1-12(2)5-8-15(9-6-12)7-4-11(10-13)14-3/h11,14H,4-9H2,1-3H3. The first kappa shape index (κ1) is 12.5. The predicted molar refractivity (Wildman–Crippen MR) is 62.5 cm³/mol. The third-order valence-electron chi connectivity index (χ3n) is 3.45. The Kier molecular flexibility index (Phi) is 4.56. The highest BCUT2D eigenvalue weighted by Gasteiger charge is 2.25. The smallest absolute Gasteiger partial charge is 0.0962 e. The maximum Gasteiger partial charge on any atom is 0.0962 e. The Hall–Kier alpha value is -0.590. The summed E-state index contributed by atoms with van der Waals surface area (Å²) in [4.78, 5) is 2.48. The fourth-order valence-corrected chi connectivity index (χ4v) is 1.97. The molecule has 0 aromatic carbocycles. The lowest BCUT2D eigenvalue weighted by atomic mass is 9.82. The molecule has 0 aromatic heterocycles. The molecular formula is C12H23N3. The molecule has 86 valence electrons. The fourth-order valence-electron chi connectivity index (χ4n) is 1.97. The van der Waals surface area contributed by atoms with E-state index in [1.165, 1.54) is 25.9 Å². The van der Waals surface area contributed by atoms with Crippen LogP contribution < -0.4 is 5.32 Å². The van der Waals surface area contributed by atoms with Crippen LogP contribution in [0, 0.1) is 16.7 Å². The Labute approximate surface area is 93.5 Å². The van der Waals surface area contributed by atoms with Gasteiger partial charge in [0, 0.05) is 6.54 Å². The van der Waals surface area contributed by atoms with Crippen molar-refractivity contribution in [1.29, 1.82) is 5.26 Å². The van der Waals surface area contributed by atoms with E-state index in [4.69, 9.17) is 5.26 Å². The van der Waals surface area contributed by atoms with E-state index in [0.717, 1.165) is 13.0 Å². The molecule has 3 nitrogen and oxygen atoms in total. The highest BCUT2D eigenvalue weighted by atomic mass is 15.1. The Balaban J connectivity index is 2.22. The Morgan fingerprint density at radius 1 is 1.40 bits per heavy atom. The van der Waals surface area contributed by atoms with E-state index < -0.39 is 0 Å². The lowest BCUT2D eigenvalue weighted by molar-refractivity contribution is 0.130. The summed E-state index contributed by atoms with van der Waals surface area (Å²) in [6.07, 6.45) is 3.50. The quantitative estimate of drug-likeness (QED) is 0.764. The minimum Gasteiger partial charge on any atom is -0.305 e. The van der Waals surface area contributed by atoms with Gasteiger partial charge in [0.05, 0.1) is 12.1 Å². The SMILES string of the molecule is CNC(C#N)CCN1CCC(C)(C)CC1. The minimum absolute atomic E-state index is 0.0138. The van der Waals surface area contributed by atoms with Gasteiger partial charge in [-0.2, -0.15) is 5.26 Å². The van der Waals surface area contributed by atoms with Gasteiger partial charge in [0.25, 0.3) is 0 Å². The molecule has 1 N–H and O–H groups in total. The van der Waals surface area contributed by atoms with Crippen molar-refractivity contribution in [2.45, 2.75) is 39.2 Å². The van der Waals surface area contributed by atoms with Gasteiger partial charge in [-0.05, 0) is 44.8 Å². The first-order chi connectivity index (χ1) is 7.07. The third kappa shape index (κ3) is 4.19. The number of rotatable bonds is 4. The lowest BCUT2D eigenvalue weighted by Crippen LogP contribution is -2.39. The van der Waals surface area contributed by atoms with Crippen LogP contribution in [0.5, 0.6) is 0 Å². The number of likely N-dealkylation sites (tertiary alicyclic amines) is 1. The summed E-state index contributed by atoms with van der Waals surface area (Å²) < 4.78 is 0. The molecule has 0 bridgehead atoms. The van der Waals surface area contributed by atoms with Crippen molar-refractivity contribution in [3.63, 3.8) is 0 Å². The van der Waals surface area contributed by atoms with Crippen LogP contribution in [0.1, 0.15) is 33.1 Å². The molecule has 1 heterocycles. The molecule has 1 saturated heterocycles. The van der Waals surface area contributed by atoms with Crippen molar-refractivity contribution in [3.8, 4) is 6.07 Å². The van der Waals surface area contributed by atoms with Gasteiger partial charge >= 0.3 is 0 Å². The van der Waals surface area contributed by atoms with Crippen molar-refractivity contribution in [2.75, 3.05) is 26.7 Å². The maximum atomic E-state index is 8.81. The zero-order valence-corrected chi connectivity index (χ0v) is 10.2. The summed E-state index contributed by atoms with van der Waals surface area (Å²) in [5.74, 6) is 0. The van der Waals surface area contributed by atoms with Crippen LogP contribution >= 0.6 is 0 Å². The number of nitrogens with zero attached hydrogens (tertiary/aromatic N) is 2. The van der Waals surface area contributed by atoms with E-state index in [9.17, 15) is 0 Å². The number of hydrogen-bond acceptors (Lipinski definition) is 3. The molecule has 0 aromatic rings. The number of piperidine rings is 1. The molecule has 1 rings (SSSR count). The second-order valence-corrected chi connectivity index (χ2v) is 5.26. The van der Waals surface area contributed by atoms with Gasteiger partial charge in [-0.3, -0.25) is 0 Å². The molecule has 3 heteroatoms. The monoisotopic (exact) mass is 209 g/mol. The summed E-state index contributed by atoms with van der Waals surface area (Å²) in [7, 11) is 1.85. The first-order valence-corrected chi connectivity index (χ1v) is 5.86. The van der Waals surface area contributed by atoms with Crippen molar-refractivity contribution in [2.24, 2.45) is 5.41 Å². The molecule has 0 spiro atoms. The van der Waals surface area contributed by atoms with Gasteiger partial charge in [0.1, 0.15) is 0 Å². The molecule has 0 aliphatic carbocycles. The van der Waals surface area contributed by atoms with Crippen molar-refractivity contribution in [3.05, 3.63) is 0 Å². The van der Waals surface area contributed by atoms with Gasteiger partial charge in [0.15, 0.2) is 0 Å². The van der Waals surface area contributed by atoms with Gasteiger partial charge in [0.2, 0.25) is 0 Å². The maximum absolute atomic E-state index is 8.81. The molecule has 1 unspecified atom stereocenters. The molecule has 1 aliphatic rings. The molecule has 15 heavy (non-hydrogen) atoms. The van der Waals surface area contributed by atoms with E-state index >= 15 is 0 Å². The highest BCUT2D eigenvalue weighted by molar-refractivity contribution is 4.89. The summed E-state index contributed by atoms with van der Waals surface area (Å²) in [6, 6.07) is 2.28. The van der Waals surface area contributed by atoms with Crippen LogP contribution in [-0.4, -0.2) is 37.6 Å². The van der Waals surface area contributed by atoms with E-state index in [-0.39, 0.29) is 6.04 Å². The minimum atomic E-state index is 0.0138. The van der Waals surface area contributed by atoms with Crippen LogP contribution in [0.2, 0.25) is 0 Å². The van der Waals surface area contributed by atoms with Crippen LogP contribution in [0.3, 0.4) is 0 Å². The van der Waals surface area contributed by atoms with E-state index in [0.29, 0.717) is 5.41 Å². The summed E-state index contributed by atoms with van der Waals surface area (Å²) >= 11 is 0. The topological polar surface area (TPSA) is 39.1 Å². The zero-order chi connectivity index (χ0) is 11.3. The van der Waals surface area contributed by atoms with Crippen LogP contribution in [0.4, 0.5) is 0 Å². The van der Waals surface area contributed by atoms with Crippen molar-refractivity contribution in [1.82, 2.24) is 10.2 Å². The predicted octanol–water partition coefficient (Wildman–Crippen LogP) is 1.61. The Morgan fingerprint density at radius 3 is 2.47 bits per heavy atom.